The van der Waals surface area contributed by atoms with Gasteiger partial charge in [0.15, 0.2) is 0 Å². The Balaban J connectivity index is 1.91. The second-order valence-electron chi connectivity index (χ2n) is 5.40. The first-order valence-corrected chi connectivity index (χ1v) is 6.99. The Hall–Kier alpha value is -2.55. The summed E-state index contributed by atoms with van der Waals surface area (Å²) in [5.74, 6) is -0.0746. The highest BCUT2D eigenvalue weighted by molar-refractivity contribution is 6.06. The molecule has 0 fully saturated rings. The fraction of sp³-hybridized carbons (Fsp3) is 0.167. The molecule has 0 aliphatic rings. The molecule has 0 radical (unpaired) electrons. The van der Waals surface area contributed by atoms with Crippen molar-refractivity contribution in [2.75, 3.05) is 5.32 Å². The summed E-state index contributed by atoms with van der Waals surface area (Å²) in [6.45, 7) is 4.06. The first-order chi connectivity index (χ1) is 10.1. The second-order valence-corrected chi connectivity index (χ2v) is 5.40. The van der Waals surface area contributed by atoms with Crippen molar-refractivity contribution in [1.29, 1.82) is 0 Å². The largest absolute Gasteiger partial charge is 0.351 e. The highest BCUT2D eigenvalue weighted by Crippen LogP contribution is 2.21. The number of nitrogens with zero attached hydrogens (tertiary/aromatic N) is 1. The van der Waals surface area contributed by atoms with Gasteiger partial charge in [0.25, 0.3) is 5.91 Å². The number of nitrogens with one attached hydrogen (secondary N) is 1. The lowest BCUT2D eigenvalue weighted by atomic mass is 10.1. The van der Waals surface area contributed by atoms with Crippen LogP contribution in [0.4, 0.5) is 5.69 Å². The van der Waals surface area contributed by atoms with Crippen molar-refractivity contribution in [2.24, 2.45) is 7.05 Å². The van der Waals surface area contributed by atoms with Gasteiger partial charge in [0, 0.05) is 35.4 Å². The number of fused-ring (bicyclic) bond motifs is 1. The third-order valence-electron chi connectivity index (χ3n) is 4.00. The molecule has 0 saturated heterocycles. The summed E-state index contributed by atoms with van der Waals surface area (Å²) in [6.07, 6.45) is 2.00. The van der Waals surface area contributed by atoms with Crippen molar-refractivity contribution >= 4 is 22.5 Å². The third kappa shape index (κ3) is 2.42. The predicted octanol–water partition coefficient (Wildman–Crippen LogP) is 4.05. The maximum atomic E-state index is 12.4. The zero-order valence-corrected chi connectivity index (χ0v) is 12.5. The number of amides is 1. The predicted molar refractivity (Wildman–Crippen MR) is 86.8 cm³/mol. The van der Waals surface area contributed by atoms with Crippen molar-refractivity contribution in [3.05, 3.63) is 65.4 Å². The summed E-state index contributed by atoms with van der Waals surface area (Å²) in [7, 11) is 2.00. The molecule has 0 bridgehead atoms. The molecule has 3 rings (SSSR count). The minimum Gasteiger partial charge on any atom is -0.351 e. The molecule has 0 spiro atoms. The molecule has 0 atom stereocenters. The molecular weight excluding hydrogens is 260 g/mol. The van der Waals surface area contributed by atoms with Crippen LogP contribution in [0, 0.1) is 13.8 Å². The first kappa shape index (κ1) is 13.4. The van der Waals surface area contributed by atoms with E-state index in [9.17, 15) is 4.79 Å². The van der Waals surface area contributed by atoms with E-state index in [2.05, 4.69) is 5.32 Å². The van der Waals surface area contributed by atoms with E-state index in [4.69, 9.17) is 0 Å². The lowest BCUT2D eigenvalue weighted by molar-refractivity contribution is 0.102. The average molecular weight is 278 g/mol. The van der Waals surface area contributed by atoms with Gasteiger partial charge >= 0.3 is 0 Å². The van der Waals surface area contributed by atoms with Gasteiger partial charge in [0.05, 0.1) is 0 Å². The van der Waals surface area contributed by atoms with E-state index < -0.39 is 0 Å². The van der Waals surface area contributed by atoms with Crippen LogP contribution in [-0.4, -0.2) is 10.5 Å². The van der Waals surface area contributed by atoms with E-state index in [0.29, 0.717) is 5.56 Å². The number of anilines is 1. The molecule has 3 heteroatoms. The van der Waals surface area contributed by atoms with E-state index in [1.54, 1.807) is 0 Å². The van der Waals surface area contributed by atoms with Gasteiger partial charge in [0.1, 0.15) is 0 Å². The number of benzene rings is 2. The van der Waals surface area contributed by atoms with Gasteiger partial charge in [-0.05, 0) is 55.3 Å². The van der Waals surface area contributed by atoms with Crippen LogP contribution in [0.2, 0.25) is 0 Å². The van der Waals surface area contributed by atoms with Gasteiger partial charge < -0.3 is 9.88 Å². The molecule has 0 unspecified atom stereocenters. The molecular formula is C18H18N2O. The van der Waals surface area contributed by atoms with E-state index >= 15 is 0 Å². The molecule has 106 valence electrons. The summed E-state index contributed by atoms with van der Waals surface area (Å²) in [5.41, 5.74) is 4.94. The Morgan fingerprint density at radius 2 is 1.90 bits per heavy atom. The number of carbonyl (C=O) groups excluding carboxylic acids is 1. The van der Waals surface area contributed by atoms with E-state index in [-0.39, 0.29) is 5.91 Å². The Morgan fingerprint density at radius 1 is 1.10 bits per heavy atom. The van der Waals surface area contributed by atoms with Gasteiger partial charge in [-0.3, -0.25) is 4.79 Å². The van der Waals surface area contributed by atoms with Crippen molar-refractivity contribution in [3.8, 4) is 0 Å². The Bertz CT molecular complexity index is 830. The molecule has 0 aliphatic heterocycles. The summed E-state index contributed by atoms with van der Waals surface area (Å²) >= 11 is 0. The van der Waals surface area contributed by atoms with E-state index in [0.717, 1.165) is 22.2 Å². The molecule has 21 heavy (non-hydrogen) atoms. The molecule has 1 amide bonds. The third-order valence-corrected chi connectivity index (χ3v) is 4.00. The number of aryl methyl sites for hydroxylation is 2. The molecule has 0 aliphatic carbocycles. The standard InChI is InChI=1S/C18H18N2O/c1-12-5-4-6-16(13(12)2)19-18(21)15-7-8-17-14(11-15)9-10-20(17)3/h4-11H,1-3H3,(H,19,21). The zero-order chi connectivity index (χ0) is 15.0. The van der Waals surface area contributed by atoms with Crippen LogP contribution in [0.25, 0.3) is 10.9 Å². The Morgan fingerprint density at radius 3 is 2.71 bits per heavy atom. The highest BCUT2D eigenvalue weighted by Gasteiger charge is 2.10. The topological polar surface area (TPSA) is 34.0 Å². The average Bonchev–Trinajstić information content (AvgIpc) is 2.85. The Kier molecular flexibility index (Phi) is 3.26. The summed E-state index contributed by atoms with van der Waals surface area (Å²) < 4.78 is 2.04. The zero-order valence-electron chi connectivity index (χ0n) is 12.5. The van der Waals surface area contributed by atoms with Gasteiger partial charge in [-0.2, -0.15) is 0 Å². The van der Waals surface area contributed by atoms with Crippen molar-refractivity contribution in [2.45, 2.75) is 13.8 Å². The van der Waals surface area contributed by atoms with Gasteiger partial charge in [-0.15, -0.1) is 0 Å². The monoisotopic (exact) mass is 278 g/mol. The van der Waals surface area contributed by atoms with Crippen molar-refractivity contribution in [1.82, 2.24) is 4.57 Å². The van der Waals surface area contributed by atoms with Gasteiger partial charge in [-0.1, -0.05) is 12.1 Å². The van der Waals surface area contributed by atoms with Gasteiger partial charge in [-0.25, -0.2) is 0 Å². The van der Waals surface area contributed by atoms with Crippen LogP contribution in [0.3, 0.4) is 0 Å². The number of rotatable bonds is 2. The molecule has 1 N–H and O–H groups in total. The highest BCUT2D eigenvalue weighted by atomic mass is 16.1. The van der Waals surface area contributed by atoms with Gasteiger partial charge in [0.2, 0.25) is 0 Å². The molecule has 1 aromatic heterocycles. The van der Waals surface area contributed by atoms with E-state index in [1.165, 1.54) is 5.56 Å². The summed E-state index contributed by atoms with van der Waals surface area (Å²) in [6, 6.07) is 13.7. The quantitative estimate of drug-likeness (QED) is 0.754. The normalized spacial score (nSPS) is 10.8. The van der Waals surface area contributed by atoms with Crippen LogP contribution < -0.4 is 5.32 Å². The minimum absolute atomic E-state index is 0.0746. The van der Waals surface area contributed by atoms with Crippen molar-refractivity contribution in [3.63, 3.8) is 0 Å². The van der Waals surface area contributed by atoms with Crippen LogP contribution in [0.5, 0.6) is 0 Å². The SMILES string of the molecule is Cc1cccc(NC(=O)c2ccc3c(ccn3C)c2)c1C. The van der Waals surface area contributed by atoms with Crippen LogP contribution in [0.15, 0.2) is 48.7 Å². The maximum Gasteiger partial charge on any atom is 0.255 e. The summed E-state index contributed by atoms with van der Waals surface area (Å²) in [5, 5.41) is 4.07. The smallest absolute Gasteiger partial charge is 0.255 e. The van der Waals surface area contributed by atoms with Crippen LogP contribution in [0.1, 0.15) is 21.5 Å². The van der Waals surface area contributed by atoms with Crippen LogP contribution in [-0.2, 0) is 7.05 Å². The lowest BCUT2D eigenvalue weighted by Crippen LogP contribution is -2.13. The molecule has 0 saturated carbocycles. The fourth-order valence-electron chi connectivity index (χ4n) is 2.50. The van der Waals surface area contributed by atoms with E-state index in [1.807, 2.05) is 74.1 Å². The fourth-order valence-corrected chi connectivity index (χ4v) is 2.50. The molecule has 3 aromatic rings. The second kappa shape index (κ2) is 5.09. The number of hydrogen-bond acceptors (Lipinski definition) is 1. The van der Waals surface area contributed by atoms with Crippen LogP contribution >= 0.6 is 0 Å². The van der Waals surface area contributed by atoms with Crippen molar-refractivity contribution < 1.29 is 4.79 Å². The summed E-state index contributed by atoms with van der Waals surface area (Å²) in [4.78, 5) is 12.4. The maximum absolute atomic E-state index is 12.4. The number of hydrogen-bond donors (Lipinski definition) is 1. The molecule has 2 aromatic carbocycles. The molecule has 1 heterocycles. The molecule has 3 nitrogen and oxygen atoms in total. The Labute approximate surface area is 124 Å². The minimum atomic E-state index is -0.0746. The first-order valence-electron chi connectivity index (χ1n) is 6.99. The number of carbonyl (C=O) groups is 1. The lowest BCUT2D eigenvalue weighted by Gasteiger charge is -2.10. The number of aromatic nitrogens is 1.